The molecule has 0 bridgehead atoms. The summed E-state index contributed by atoms with van der Waals surface area (Å²) in [6.45, 7) is 3.62. The van der Waals surface area contributed by atoms with Crippen molar-refractivity contribution in [3.8, 4) is 0 Å². The van der Waals surface area contributed by atoms with Crippen molar-refractivity contribution in [1.29, 1.82) is 0 Å². The van der Waals surface area contributed by atoms with Gasteiger partial charge in [0, 0.05) is 24.7 Å². The van der Waals surface area contributed by atoms with Gasteiger partial charge in [0.15, 0.2) is 5.11 Å². The number of alkyl halides is 3. The van der Waals surface area contributed by atoms with Gasteiger partial charge in [0.1, 0.15) is 6.17 Å². The molecule has 0 radical (unpaired) electrons. The fourth-order valence-electron chi connectivity index (χ4n) is 2.81. The van der Waals surface area contributed by atoms with Crippen LogP contribution in [0.2, 0.25) is 0 Å². The van der Waals surface area contributed by atoms with Crippen molar-refractivity contribution in [1.82, 2.24) is 10.6 Å². The van der Waals surface area contributed by atoms with Gasteiger partial charge in [-0.25, -0.2) is 0 Å². The third-order valence-electron chi connectivity index (χ3n) is 4.38. The van der Waals surface area contributed by atoms with Crippen molar-refractivity contribution in [2.75, 3.05) is 10.6 Å². The van der Waals surface area contributed by atoms with Gasteiger partial charge in [-0.15, -0.1) is 0 Å². The summed E-state index contributed by atoms with van der Waals surface area (Å²) in [6, 6.07) is 6.93. The van der Waals surface area contributed by atoms with Crippen molar-refractivity contribution >= 4 is 75.3 Å². The number of unbranched alkanes of at least 4 members (excludes halogenated alkanes) is 6. The Morgan fingerprint density at radius 1 is 0.903 bits per heavy atom. The van der Waals surface area contributed by atoms with Crippen molar-refractivity contribution in [3.05, 3.63) is 24.3 Å². The average molecular weight is 510 g/mol. The summed E-state index contributed by atoms with van der Waals surface area (Å²) in [5.41, 5.74) is 1.33. The number of nitrogens with one attached hydrogen (secondary N) is 4. The van der Waals surface area contributed by atoms with E-state index in [0.717, 1.165) is 19.3 Å². The molecule has 10 heteroatoms. The molecule has 0 saturated carbocycles. The van der Waals surface area contributed by atoms with E-state index in [1.807, 2.05) is 0 Å². The number of carbonyl (C=O) groups is 2. The highest BCUT2D eigenvalue weighted by molar-refractivity contribution is 7.80. The van der Waals surface area contributed by atoms with Crippen molar-refractivity contribution in [3.63, 3.8) is 0 Å². The molecule has 31 heavy (non-hydrogen) atoms. The molecule has 0 saturated heterocycles. The van der Waals surface area contributed by atoms with Crippen LogP contribution in [-0.4, -0.2) is 26.9 Å². The maximum Gasteiger partial charge on any atom is 0.228 e. The minimum absolute atomic E-state index is 0.157. The smallest absolute Gasteiger partial charge is 0.228 e. The Bertz CT molecular complexity index is 712. The minimum atomic E-state index is -1.79. The molecule has 0 spiro atoms. The Labute approximate surface area is 205 Å². The van der Waals surface area contributed by atoms with Crippen LogP contribution in [0.3, 0.4) is 0 Å². The normalized spacial score (nSPS) is 12.0. The van der Waals surface area contributed by atoms with Crippen LogP contribution in [0.5, 0.6) is 0 Å². The predicted molar refractivity (Wildman–Crippen MR) is 135 cm³/mol. The Hall–Kier alpha value is -1.28. The summed E-state index contributed by atoms with van der Waals surface area (Å²) in [4.78, 5) is 23.4. The zero-order valence-electron chi connectivity index (χ0n) is 17.9. The first kappa shape index (κ1) is 27.8. The lowest BCUT2D eigenvalue weighted by atomic mass is 10.1. The molecule has 0 fully saturated rings. The van der Waals surface area contributed by atoms with Crippen molar-refractivity contribution in [2.24, 2.45) is 0 Å². The van der Waals surface area contributed by atoms with E-state index in [1.165, 1.54) is 32.6 Å². The molecule has 2 amide bonds. The highest BCUT2D eigenvalue weighted by Crippen LogP contribution is 2.29. The number of halogens is 3. The van der Waals surface area contributed by atoms with E-state index in [0.29, 0.717) is 17.8 Å². The van der Waals surface area contributed by atoms with E-state index >= 15 is 0 Å². The average Bonchev–Trinajstić information content (AvgIpc) is 2.67. The number of amides is 2. The van der Waals surface area contributed by atoms with E-state index < -0.39 is 9.96 Å². The summed E-state index contributed by atoms with van der Waals surface area (Å²) in [5.74, 6) is -0.365. The molecule has 0 unspecified atom stereocenters. The van der Waals surface area contributed by atoms with Crippen LogP contribution < -0.4 is 21.3 Å². The third-order valence-corrected chi connectivity index (χ3v) is 5.25. The Balaban J connectivity index is 2.48. The van der Waals surface area contributed by atoms with Gasteiger partial charge >= 0.3 is 0 Å². The van der Waals surface area contributed by atoms with Crippen LogP contribution in [0, 0.1) is 0 Å². The largest absolute Gasteiger partial charge is 0.339 e. The third kappa shape index (κ3) is 13.0. The van der Waals surface area contributed by atoms with Gasteiger partial charge < -0.3 is 21.3 Å². The molecule has 1 rings (SSSR count). The van der Waals surface area contributed by atoms with Gasteiger partial charge in [-0.3, -0.25) is 9.59 Å². The number of benzene rings is 1. The summed E-state index contributed by atoms with van der Waals surface area (Å²) >= 11 is 23.3. The lowest BCUT2D eigenvalue weighted by Gasteiger charge is -2.27. The Morgan fingerprint density at radius 3 is 1.94 bits per heavy atom. The van der Waals surface area contributed by atoms with E-state index in [2.05, 4.69) is 28.2 Å². The monoisotopic (exact) mass is 508 g/mol. The zero-order valence-corrected chi connectivity index (χ0v) is 21.0. The molecule has 6 nitrogen and oxygen atoms in total. The molecule has 0 aliphatic rings. The SMILES string of the molecule is CCCCCCCCCC(=O)N[C@H](NC(=S)Nc1ccc(NC(C)=O)cc1)C(Cl)(Cl)Cl. The number of thiocarbonyl (C=S) groups is 1. The number of anilines is 2. The number of hydrogen-bond acceptors (Lipinski definition) is 3. The van der Waals surface area contributed by atoms with Crippen LogP contribution in [0.15, 0.2) is 24.3 Å². The van der Waals surface area contributed by atoms with E-state index in [4.69, 9.17) is 47.0 Å². The molecule has 174 valence electrons. The second-order valence-corrected chi connectivity index (χ2v) is 10.0. The van der Waals surface area contributed by atoms with Crippen LogP contribution in [-0.2, 0) is 9.59 Å². The standard InChI is InChI=1S/C21H31Cl3N4O2S/c1-3-4-5-6-7-8-9-10-18(30)27-19(21(22,23)24)28-20(31)26-17-13-11-16(12-14-17)25-15(2)29/h11-14,19H,3-10H2,1-2H3,(H,25,29)(H,27,30)(H2,26,28,31)/t19-/m1/s1. The second kappa shape index (κ2) is 14.7. The van der Waals surface area contributed by atoms with Crippen LogP contribution in [0.1, 0.15) is 65.2 Å². The lowest BCUT2D eigenvalue weighted by Crippen LogP contribution is -2.56. The Morgan fingerprint density at radius 2 is 1.42 bits per heavy atom. The van der Waals surface area contributed by atoms with E-state index in [9.17, 15) is 9.59 Å². The molecule has 0 aromatic heterocycles. The van der Waals surface area contributed by atoms with Gasteiger partial charge in [0.25, 0.3) is 0 Å². The van der Waals surface area contributed by atoms with Crippen LogP contribution in [0.4, 0.5) is 11.4 Å². The van der Waals surface area contributed by atoms with Gasteiger partial charge in [0.2, 0.25) is 15.6 Å². The summed E-state index contributed by atoms with van der Waals surface area (Å²) in [6.07, 6.45) is 7.17. The second-order valence-electron chi connectivity index (χ2n) is 7.27. The maximum absolute atomic E-state index is 12.3. The van der Waals surface area contributed by atoms with E-state index in [-0.39, 0.29) is 16.9 Å². The first-order valence-electron chi connectivity index (χ1n) is 10.4. The molecule has 4 N–H and O–H groups in total. The molecular formula is C21H31Cl3N4O2S. The highest BCUT2D eigenvalue weighted by atomic mass is 35.6. The first-order valence-corrected chi connectivity index (χ1v) is 12.0. The highest BCUT2D eigenvalue weighted by Gasteiger charge is 2.34. The van der Waals surface area contributed by atoms with Gasteiger partial charge in [-0.1, -0.05) is 80.3 Å². The van der Waals surface area contributed by atoms with Crippen LogP contribution in [0.25, 0.3) is 0 Å². The summed E-state index contributed by atoms with van der Waals surface area (Å²) in [5, 5.41) is 11.3. The molecule has 1 atom stereocenters. The van der Waals surface area contributed by atoms with Crippen molar-refractivity contribution in [2.45, 2.75) is 75.2 Å². The van der Waals surface area contributed by atoms with Gasteiger partial charge in [-0.2, -0.15) is 0 Å². The molecule has 0 heterocycles. The number of hydrogen-bond donors (Lipinski definition) is 4. The maximum atomic E-state index is 12.3. The van der Waals surface area contributed by atoms with Crippen molar-refractivity contribution < 1.29 is 9.59 Å². The summed E-state index contributed by atoms with van der Waals surface area (Å²) in [7, 11) is 0. The molecule has 0 aliphatic heterocycles. The molecule has 0 aliphatic carbocycles. The summed E-state index contributed by atoms with van der Waals surface area (Å²) < 4.78 is -1.79. The van der Waals surface area contributed by atoms with Gasteiger partial charge in [0.05, 0.1) is 0 Å². The lowest BCUT2D eigenvalue weighted by molar-refractivity contribution is -0.122. The predicted octanol–water partition coefficient (Wildman–Crippen LogP) is 5.88. The topological polar surface area (TPSA) is 82.3 Å². The Kier molecular flexibility index (Phi) is 13.2. The fraction of sp³-hybridized carbons (Fsp3) is 0.571. The van der Waals surface area contributed by atoms with E-state index in [1.54, 1.807) is 24.3 Å². The minimum Gasteiger partial charge on any atom is -0.339 e. The fourth-order valence-corrected chi connectivity index (χ4v) is 3.38. The first-order chi connectivity index (χ1) is 14.6. The van der Waals surface area contributed by atoms with Crippen LogP contribution >= 0.6 is 47.0 Å². The van der Waals surface area contributed by atoms with Gasteiger partial charge in [-0.05, 0) is 42.9 Å². The molecule has 1 aromatic carbocycles. The molecule has 1 aromatic rings. The molecular weight excluding hydrogens is 479 g/mol. The number of rotatable bonds is 12. The quantitative estimate of drug-likeness (QED) is 0.122. The number of carbonyl (C=O) groups excluding carboxylic acids is 2. The zero-order chi connectivity index (χ0) is 23.3.